The highest BCUT2D eigenvalue weighted by Crippen LogP contribution is 2.19. The molecule has 1 aromatic rings. The van der Waals surface area contributed by atoms with E-state index in [9.17, 15) is 4.79 Å². The molecule has 1 aromatic carbocycles. The zero-order valence-electron chi connectivity index (χ0n) is 11.6. The Labute approximate surface area is 130 Å². The molecular weight excluding hydrogens is 299 g/mol. The lowest BCUT2D eigenvalue weighted by Crippen LogP contribution is -2.54. The third kappa shape index (κ3) is 4.54. The highest BCUT2D eigenvalue weighted by atomic mass is 35.5. The second kappa shape index (κ2) is 7.72. The molecule has 0 radical (unpaired) electrons. The summed E-state index contributed by atoms with van der Waals surface area (Å²) >= 11 is 5.89. The molecule has 0 bridgehead atoms. The van der Waals surface area contributed by atoms with Crippen LogP contribution in [0.5, 0.6) is 5.75 Å². The number of rotatable bonds is 3. The fraction of sp³-hybridized carbons (Fsp3) is 0.500. The van der Waals surface area contributed by atoms with Gasteiger partial charge in [0, 0.05) is 30.7 Å². The number of nitrogens with one attached hydrogen (secondary N) is 1. The molecule has 4 nitrogen and oxygen atoms in total. The molecular formula is C14H20Cl2N2O2. The SMILES string of the molecule is CC(Oc1cccc(Cl)c1)C(=O)N1CCN[C@H](C)C1.Cl. The largest absolute Gasteiger partial charge is 0.481 e. The summed E-state index contributed by atoms with van der Waals surface area (Å²) in [7, 11) is 0. The van der Waals surface area contributed by atoms with E-state index in [1.807, 2.05) is 11.0 Å². The van der Waals surface area contributed by atoms with Crippen LogP contribution in [0.15, 0.2) is 24.3 Å². The standard InChI is InChI=1S/C14H19ClN2O2.ClH/c1-10-9-17(7-6-16-10)14(18)11(2)19-13-5-3-4-12(15)8-13;/h3-5,8,10-11,16H,6-7,9H2,1-2H3;1H/t10-,11?;/m1./s1. The number of ether oxygens (including phenoxy) is 1. The number of carbonyl (C=O) groups excluding carboxylic acids is 1. The van der Waals surface area contributed by atoms with E-state index in [4.69, 9.17) is 16.3 Å². The van der Waals surface area contributed by atoms with Crippen molar-refractivity contribution < 1.29 is 9.53 Å². The van der Waals surface area contributed by atoms with Crippen molar-refractivity contribution in [3.05, 3.63) is 29.3 Å². The van der Waals surface area contributed by atoms with E-state index in [1.54, 1.807) is 25.1 Å². The van der Waals surface area contributed by atoms with E-state index in [-0.39, 0.29) is 18.3 Å². The average Bonchev–Trinajstić information content (AvgIpc) is 2.38. The zero-order valence-corrected chi connectivity index (χ0v) is 13.2. The summed E-state index contributed by atoms with van der Waals surface area (Å²) in [6.07, 6.45) is -0.497. The Morgan fingerprint density at radius 2 is 2.30 bits per heavy atom. The predicted octanol–water partition coefficient (Wildman–Crippen LogP) is 2.35. The van der Waals surface area contributed by atoms with Crippen molar-refractivity contribution in [1.82, 2.24) is 10.2 Å². The quantitative estimate of drug-likeness (QED) is 0.930. The number of piperazine rings is 1. The molecule has 1 unspecified atom stereocenters. The summed E-state index contributed by atoms with van der Waals surface area (Å²) in [5, 5.41) is 3.92. The number of hydrogen-bond donors (Lipinski definition) is 1. The van der Waals surface area contributed by atoms with Crippen LogP contribution in [0.1, 0.15) is 13.8 Å². The Morgan fingerprint density at radius 3 is 2.95 bits per heavy atom. The number of amides is 1. The Balaban J connectivity index is 0.00000200. The summed E-state index contributed by atoms with van der Waals surface area (Å²) in [6.45, 7) is 6.13. The molecule has 20 heavy (non-hydrogen) atoms. The molecule has 1 aliphatic heterocycles. The molecule has 1 aliphatic rings. The van der Waals surface area contributed by atoms with Crippen molar-refractivity contribution >= 4 is 29.9 Å². The average molecular weight is 319 g/mol. The number of carbonyl (C=O) groups is 1. The lowest BCUT2D eigenvalue weighted by Gasteiger charge is -2.33. The molecule has 112 valence electrons. The van der Waals surface area contributed by atoms with Crippen LogP contribution in [0.25, 0.3) is 0 Å². The van der Waals surface area contributed by atoms with Crippen LogP contribution in [0, 0.1) is 0 Å². The number of benzene rings is 1. The molecule has 1 N–H and O–H groups in total. The van der Waals surface area contributed by atoms with Gasteiger partial charge in [0.05, 0.1) is 0 Å². The maximum atomic E-state index is 12.3. The topological polar surface area (TPSA) is 41.6 Å². The maximum Gasteiger partial charge on any atom is 0.263 e. The molecule has 1 heterocycles. The summed E-state index contributed by atoms with van der Waals surface area (Å²) in [5.41, 5.74) is 0. The van der Waals surface area contributed by atoms with Crippen molar-refractivity contribution in [1.29, 1.82) is 0 Å². The summed E-state index contributed by atoms with van der Waals surface area (Å²) in [6, 6.07) is 7.43. The van der Waals surface area contributed by atoms with Gasteiger partial charge in [-0.05, 0) is 32.0 Å². The number of nitrogens with zero attached hydrogens (tertiary/aromatic N) is 1. The van der Waals surface area contributed by atoms with E-state index < -0.39 is 6.10 Å². The molecule has 0 aliphatic carbocycles. The van der Waals surface area contributed by atoms with Gasteiger partial charge in [-0.25, -0.2) is 0 Å². The van der Waals surface area contributed by atoms with Crippen LogP contribution < -0.4 is 10.1 Å². The smallest absolute Gasteiger partial charge is 0.263 e. The van der Waals surface area contributed by atoms with Crippen LogP contribution >= 0.6 is 24.0 Å². The van der Waals surface area contributed by atoms with E-state index >= 15 is 0 Å². The van der Waals surface area contributed by atoms with E-state index in [2.05, 4.69) is 12.2 Å². The fourth-order valence-corrected chi connectivity index (χ4v) is 2.36. The molecule has 1 fully saturated rings. The van der Waals surface area contributed by atoms with Crippen molar-refractivity contribution in [2.45, 2.75) is 26.0 Å². The van der Waals surface area contributed by atoms with Crippen molar-refractivity contribution in [3.8, 4) is 5.75 Å². The van der Waals surface area contributed by atoms with Crippen molar-refractivity contribution in [2.24, 2.45) is 0 Å². The summed E-state index contributed by atoms with van der Waals surface area (Å²) in [4.78, 5) is 14.1. The number of hydrogen-bond acceptors (Lipinski definition) is 3. The predicted molar refractivity (Wildman–Crippen MR) is 82.8 cm³/mol. The summed E-state index contributed by atoms with van der Waals surface area (Å²) < 4.78 is 5.65. The first-order chi connectivity index (χ1) is 9.06. The zero-order chi connectivity index (χ0) is 13.8. The first-order valence-corrected chi connectivity index (χ1v) is 6.88. The molecule has 0 spiro atoms. The first-order valence-electron chi connectivity index (χ1n) is 6.50. The molecule has 2 rings (SSSR count). The van der Waals surface area contributed by atoms with E-state index in [0.29, 0.717) is 16.8 Å². The van der Waals surface area contributed by atoms with Crippen LogP contribution in [0.2, 0.25) is 5.02 Å². The van der Waals surface area contributed by atoms with Gasteiger partial charge in [-0.15, -0.1) is 12.4 Å². The second-order valence-corrected chi connectivity index (χ2v) is 5.29. The van der Waals surface area contributed by atoms with Gasteiger partial charge in [0.1, 0.15) is 5.75 Å². The van der Waals surface area contributed by atoms with Gasteiger partial charge >= 0.3 is 0 Å². The second-order valence-electron chi connectivity index (χ2n) is 4.86. The molecule has 1 saturated heterocycles. The van der Waals surface area contributed by atoms with Crippen LogP contribution in [-0.2, 0) is 4.79 Å². The lowest BCUT2D eigenvalue weighted by atomic mass is 10.2. The highest BCUT2D eigenvalue weighted by Gasteiger charge is 2.25. The van der Waals surface area contributed by atoms with Crippen LogP contribution in [-0.4, -0.2) is 42.6 Å². The molecule has 0 aromatic heterocycles. The van der Waals surface area contributed by atoms with Gasteiger partial charge in [-0.3, -0.25) is 4.79 Å². The minimum absolute atomic E-state index is 0. The summed E-state index contributed by atoms with van der Waals surface area (Å²) in [5.74, 6) is 0.643. The van der Waals surface area contributed by atoms with Gasteiger partial charge in [-0.2, -0.15) is 0 Å². The van der Waals surface area contributed by atoms with Gasteiger partial charge < -0.3 is 15.0 Å². The highest BCUT2D eigenvalue weighted by molar-refractivity contribution is 6.30. The van der Waals surface area contributed by atoms with Crippen molar-refractivity contribution in [3.63, 3.8) is 0 Å². The van der Waals surface area contributed by atoms with Gasteiger partial charge in [0.2, 0.25) is 0 Å². The minimum Gasteiger partial charge on any atom is -0.481 e. The lowest BCUT2D eigenvalue weighted by molar-refractivity contribution is -0.139. The van der Waals surface area contributed by atoms with Crippen LogP contribution in [0.4, 0.5) is 0 Å². The van der Waals surface area contributed by atoms with Gasteiger partial charge in [0.15, 0.2) is 6.10 Å². The van der Waals surface area contributed by atoms with E-state index in [1.165, 1.54) is 0 Å². The van der Waals surface area contributed by atoms with E-state index in [0.717, 1.165) is 19.6 Å². The first kappa shape index (κ1) is 17.1. The Bertz CT molecular complexity index is 457. The third-order valence-electron chi connectivity index (χ3n) is 3.14. The Hall–Kier alpha value is -0.970. The monoisotopic (exact) mass is 318 g/mol. The third-order valence-corrected chi connectivity index (χ3v) is 3.37. The normalized spacial score (nSPS) is 19.9. The maximum absolute atomic E-state index is 12.3. The van der Waals surface area contributed by atoms with Crippen LogP contribution in [0.3, 0.4) is 0 Å². The number of halogens is 2. The fourth-order valence-electron chi connectivity index (χ4n) is 2.18. The minimum atomic E-state index is -0.497. The van der Waals surface area contributed by atoms with Gasteiger partial charge in [-0.1, -0.05) is 17.7 Å². The molecule has 1 amide bonds. The molecule has 2 atom stereocenters. The Morgan fingerprint density at radius 1 is 1.55 bits per heavy atom. The molecule has 6 heteroatoms. The van der Waals surface area contributed by atoms with Gasteiger partial charge in [0.25, 0.3) is 5.91 Å². The Kier molecular flexibility index (Phi) is 6.59. The molecule has 0 saturated carbocycles. The van der Waals surface area contributed by atoms with Crippen molar-refractivity contribution in [2.75, 3.05) is 19.6 Å².